The van der Waals surface area contributed by atoms with Crippen LogP contribution in [0.15, 0.2) is 12.4 Å². The van der Waals surface area contributed by atoms with Crippen molar-refractivity contribution in [2.75, 3.05) is 5.32 Å². The number of hydrogen-bond acceptors (Lipinski definition) is 2. The molecule has 0 aliphatic heterocycles. The molecule has 2 rings (SSSR count). The van der Waals surface area contributed by atoms with Crippen LogP contribution in [0.25, 0.3) is 0 Å². The van der Waals surface area contributed by atoms with Crippen molar-refractivity contribution in [3.8, 4) is 0 Å². The lowest BCUT2D eigenvalue weighted by atomic mass is 10.1. The molecule has 0 saturated carbocycles. The molecule has 1 aromatic heterocycles. The van der Waals surface area contributed by atoms with E-state index in [0.717, 1.165) is 0 Å². The lowest BCUT2D eigenvalue weighted by molar-refractivity contribution is -0.119. The van der Waals surface area contributed by atoms with Crippen LogP contribution in [0.3, 0.4) is 0 Å². The number of carbonyl (C=O) groups is 1. The average Bonchev–Trinajstić information content (AvgIpc) is 2.92. The summed E-state index contributed by atoms with van der Waals surface area (Å²) in [7, 11) is 0. The molecule has 2 aromatic rings. The second-order valence-corrected chi connectivity index (χ2v) is 5.15. The Morgan fingerprint density at radius 1 is 1.17 bits per heavy atom. The predicted molar refractivity (Wildman–Crippen MR) is 71.3 cm³/mol. The van der Waals surface area contributed by atoms with Gasteiger partial charge in [0.15, 0.2) is 23.3 Å². The SMILES string of the molecule is CC(Cn1cc(Cl)cn1)C(=O)Nc1c(F)c(F)c(F)c(F)c1F. The second-order valence-electron chi connectivity index (χ2n) is 4.72. The molecule has 0 aliphatic carbocycles. The highest BCUT2D eigenvalue weighted by Gasteiger charge is 2.27. The Kier molecular flexibility index (Phi) is 4.88. The number of rotatable bonds is 4. The third-order valence-corrected chi connectivity index (χ3v) is 3.16. The standard InChI is InChI=1S/C13H9ClF5N3O/c1-5(3-22-4-6(14)2-20-22)13(23)21-12-10(18)8(16)7(15)9(17)11(12)19/h2,4-5H,3H2,1H3,(H,21,23). The van der Waals surface area contributed by atoms with Crippen molar-refractivity contribution in [3.63, 3.8) is 0 Å². The topological polar surface area (TPSA) is 46.9 Å². The summed E-state index contributed by atoms with van der Waals surface area (Å²) < 4.78 is 67.3. The maximum Gasteiger partial charge on any atom is 0.229 e. The van der Waals surface area contributed by atoms with E-state index in [4.69, 9.17) is 11.6 Å². The summed E-state index contributed by atoms with van der Waals surface area (Å²) in [5.74, 6) is -12.6. The van der Waals surface area contributed by atoms with Gasteiger partial charge in [0.2, 0.25) is 11.7 Å². The molecule has 0 aliphatic rings. The van der Waals surface area contributed by atoms with Gasteiger partial charge in [0, 0.05) is 6.20 Å². The Morgan fingerprint density at radius 3 is 2.17 bits per heavy atom. The largest absolute Gasteiger partial charge is 0.321 e. The molecule has 1 unspecified atom stereocenters. The van der Waals surface area contributed by atoms with Crippen molar-refractivity contribution in [1.82, 2.24) is 9.78 Å². The van der Waals surface area contributed by atoms with E-state index >= 15 is 0 Å². The number of hydrogen-bond donors (Lipinski definition) is 1. The minimum absolute atomic E-state index is 0.00600. The number of anilines is 1. The normalized spacial score (nSPS) is 12.3. The van der Waals surface area contributed by atoms with Gasteiger partial charge < -0.3 is 5.32 Å². The molecule has 0 saturated heterocycles. The molecule has 1 N–H and O–H groups in total. The molecule has 4 nitrogen and oxygen atoms in total. The van der Waals surface area contributed by atoms with E-state index in [2.05, 4.69) is 5.10 Å². The average molecular weight is 354 g/mol. The number of nitrogens with one attached hydrogen (secondary N) is 1. The van der Waals surface area contributed by atoms with E-state index in [1.54, 1.807) is 5.32 Å². The van der Waals surface area contributed by atoms with Crippen LogP contribution >= 0.6 is 11.6 Å². The van der Waals surface area contributed by atoms with E-state index in [9.17, 15) is 26.7 Å². The Balaban J connectivity index is 2.20. The van der Waals surface area contributed by atoms with Gasteiger partial charge >= 0.3 is 0 Å². The van der Waals surface area contributed by atoms with Crippen LogP contribution in [0, 0.1) is 35.0 Å². The molecule has 0 bridgehead atoms. The second kappa shape index (κ2) is 6.53. The highest BCUT2D eigenvalue weighted by Crippen LogP contribution is 2.27. The molecule has 0 spiro atoms. The monoisotopic (exact) mass is 353 g/mol. The maximum atomic E-state index is 13.5. The molecule has 1 atom stereocenters. The summed E-state index contributed by atoms with van der Waals surface area (Å²) in [5, 5.41) is 5.83. The zero-order valence-electron chi connectivity index (χ0n) is 11.5. The number of aromatic nitrogens is 2. The van der Waals surface area contributed by atoms with Gasteiger partial charge in [-0.05, 0) is 0 Å². The first-order valence-corrected chi connectivity index (χ1v) is 6.60. The van der Waals surface area contributed by atoms with Crippen molar-refractivity contribution >= 4 is 23.2 Å². The Bertz CT molecular complexity index is 735. The summed E-state index contributed by atoms with van der Waals surface area (Å²) in [6.45, 7) is 1.38. The van der Waals surface area contributed by atoms with Crippen molar-refractivity contribution < 1.29 is 26.7 Å². The van der Waals surface area contributed by atoms with Crippen molar-refractivity contribution in [3.05, 3.63) is 46.5 Å². The van der Waals surface area contributed by atoms with E-state index < -0.39 is 46.6 Å². The van der Waals surface area contributed by atoms with E-state index in [1.165, 1.54) is 24.0 Å². The van der Waals surface area contributed by atoms with Crippen LogP contribution in [0.4, 0.5) is 27.6 Å². The zero-order valence-corrected chi connectivity index (χ0v) is 12.3. The van der Waals surface area contributed by atoms with Crippen LogP contribution in [0.2, 0.25) is 5.02 Å². The lowest BCUT2D eigenvalue weighted by Crippen LogP contribution is -2.26. The summed E-state index contributed by atoms with van der Waals surface area (Å²) in [5.41, 5.74) is -1.39. The third-order valence-electron chi connectivity index (χ3n) is 2.97. The van der Waals surface area contributed by atoms with Crippen molar-refractivity contribution in [2.24, 2.45) is 5.92 Å². The molecular weight excluding hydrogens is 345 g/mol. The summed E-state index contributed by atoms with van der Waals surface area (Å²) >= 11 is 5.64. The van der Waals surface area contributed by atoms with E-state index in [1.807, 2.05) is 0 Å². The zero-order chi connectivity index (χ0) is 17.3. The fourth-order valence-corrected chi connectivity index (χ4v) is 1.92. The van der Waals surface area contributed by atoms with Crippen molar-refractivity contribution in [2.45, 2.75) is 13.5 Å². The molecular formula is C13H9ClF5N3O. The molecule has 1 aromatic carbocycles. The van der Waals surface area contributed by atoms with Crippen LogP contribution in [-0.4, -0.2) is 15.7 Å². The van der Waals surface area contributed by atoms with E-state index in [-0.39, 0.29) is 6.54 Å². The van der Waals surface area contributed by atoms with Gasteiger partial charge in [-0.3, -0.25) is 9.48 Å². The fraction of sp³-hybridized carbons (Fsp3) is 0.231. The van der Waals surface area contributed by atoms with Crippen LogP contribution in [0.5, 0.6) is 0 Å². The van der Waals surface area contributed by atoms with Crippen LogP contribution < -0.4 is 5.32 Å². The van der Waals surface area contributed by atoms with Gasteiger partial charge in [-0.2, -0.15) is 5.10 Å². The molecule has 124 valence electrons. The minimum atomic E-state index is -2.29. The molecule has 1 amide bonds. The summed E-state index contributed by atoms with van der Waals surface area (Å²) in [6, 6.07) is 0. The maximum absolute atomic E-state index is 13.5. The number of benzene rings is 1. The van der Waals surface area contributed by atoms with Gasteiger partial charge in [0.1, 0.15) is 5.69 Å². The number of amides is 1. The predicted octanol–water partition coefficient (Wildman–Crippen LogP) is 3.51. The number of carbonyl (C=O) groups excluding carboxylic acids is 1. The highest BCUT2D eigenvalue weighted by atomic mass is 35.5. The fourth-order valence-electron chi connectivity index (χ4n) is 1.76. The Hall–Kier alpha value is -2.16. The molecule has 1 heterocycles. The first kappa shape index (κ1) is 17.2. The minimum Gasteiger partial charge on any atom is -0.321 e. The molecule has 0 radical (unpaired) electrons. The third kappa shape index (κ3) is 3.44. The van der Waals surface area contributed by atoms with Crippen LogP contribution in [-0.2, 0) is 11.3 Å². The van der Waals surface area contributed by atoms with Gasteiger partial charge in [0.05, 0.1) is 23.7 Å². The van der Waals surface area contributed by atoms with Gasteiger partial charge in [-0.25, -0.2) is 22.0 Å². The quantitative estimate of drug-likeness (QED) is 0.519. The highest BCUT2D eigenvalue weighted by molar-refractivity contribution is 6.30. The molecule has 10 heteroatoms. The van der Waals surface area contributed by atoms with E-state index in [0.29, 0.717) is 5.02 Å². The molecule has 0 fully saturated rings. The smallest absolute Gasteiger partial charge is 0.229 e. The van der Waals surface area contributed by atoms with Gasteiger partial charge in [-0.15, -0.1) is 0 Å². The lowest BCUT2D eigenvalue weighted by Gasteiger charge is -2.14. The van der Waals surface area contributed by atoms with Gasteiger partial charge in [0.25, 0.3) is 0 Å². The summed E-state index contributed by atoms with van der Waals surface area (Å²) in [6.07, 6.45) is 2.72. The van der Waals surface area contributed by atoms with Crippen molar-refractivity contribution in [1.29, 1.82) is 0 Å². The first-order valence-electron chi connectivity index (χ1n) is 6.22. The summed E-state index contributed by atoms with van der Waals surface area (Å²) in [4.78, 5) is 11.9. The van der Waals surface area contributed by atoms with Crippen LogP contribution in [0.1, 0.15) is 6.92 Å². The molecule has 23 heavy (non-hydrogen) atoms. The number of halogens is 6. The van der Waals surface area contributed by atoms with Gasteiger partial charge in [-0.1, -0.05) is 18.5 Å². The Labute approximate surface area is 131 Å². The Morgan fingerprint density at radius 2 is 1.70 bits per heavy atom. The number of nitrogens with zero attached hydrogens (tertiary/aromatic N) is 2. The first-order chi connectivity index (χ1) is 10.7.